The predicted molar refractivity (Wildman–Crippen MR) is 62.0 cm³/mol. The minimum absolute atomic E-state index is 0.113. The van der Waals surface area contributed by atoms with Crippen LogP contribution in [-0.4, -0.2) is 29.3 Å². The van der Waals surface area contributed by atoms with E-state index in [4.69, 9.17) is 9.47 Å². The van der Waals surface area contributed by atoms with Gasteiger partial charge in [-0.05, 0) is 22.6 Å². The first-order valence-electron chi connectivity index (χ1n) is 4.75. The highest BCUT2D eigenvalue weighted by Crippen LogP contribution is 2.18. The third-order valence-corrected chi connectivity index (χ3v) is 3.16. The summed E-state index contributed by atoms with van der Waals surface area (Å²) in [5, 5.41) is 0. The SMILES string of the molecule is O=c1[nH]cnc(OC2CCOCC2)c1I. The lowest BCUT2D eigenvalue weighted by molar-refractivity contribution is 0.0232. The Morgan fingerprint density at radius 1 is 1.53 bits per heavy atom. The fraction of sp³-hybridized carbons (Fsp3) is 0.556. The van der Waals surface area contributed by atoms with Crippen LogP contribution in [0.5, 0.6) is 5.88 Å². The van der Waals surface area contributed by atoms with E-state index in [-0.39, 0.29) is 11.7 Å². The van der Waals surface area contributed by atoms with Crippen LogP contribution in [-0.2, 0) is 4.74 Å². The Morgan fingerprint density at radius 3 is 3.00 bits per heavy atom. The highest BCUT2D eigenvalue weighted by molar-refractivity contribution is 14.1. The van der Waals surface area contributed by atoms with Gasteiger partial charge in [-0.2, -0.15) is 0 Å². The van der Waals surface area contributed by atoms with Crippen molar-refractivity contribution in [1.82, 2.24) is 9.97 Å². The molecule has 6 heteroatoms. The fourth-order valence-corrected chi connectivity index (χ4v) is 1.82. The van der Waals surface area contributed by atoms with Crippen LogP contribution in [0.3, 0.4) is 0 Å². The first kappa shape index (κ1) is 10.9. The van der Waals surface area contributed by atoms with Crippen molar-refractivity contribution in [3.63, 3.8) is 0 Å². The second kappa shape index (κ2) is 4.93. The maximum atomic E-state index is 11.3. The van der Waals surface area contributed by atoms with E-state index in [0.29, 0.717) is 22.7 Å². The number of nitrogens with zero attached hydrogens (tertiary/aromatic N) is 1. The fourth-order valence-electron chi connectivity index (χ4n) is 1.40. The molecule has 1 fully saturated rings. The predicted octanol–water partition coefficient (Wildman–Crippen LogP) is 0.932. The molecule has 5 nitrogen and oxygen atoms in total. The number of aromatic amines is 1. The molecule has 82 valence electrons. The smallest absolute Gasteiger partial charge is 0.268 e. The van der Waals surface area contributed by atoms with Gasteiger partial charge >= 0.3 is 0 Å². The van der Waals surface area contributed by atoms with Crippen molar-refractivity contribution in [2.45, 2.75) is 18.9 Å². The van der Waals surface area contributed by atoms with Gasteiger partial charge < -0.3 is 14.5 Å². The van der Waals surface area contributed by atoms with Gasteiger partial charge in [0, 0.05) is 12.8 Å². The summed E-state index contributed by atoms with van der Waals surface area (Å²) in [6.07, 6.45) is 3.18. The molecular weight excluding hydrogens is 311 g/mol. The number of H-pyrrole nitrogens is 1. The van der Waals surface area contributed by atoms with Crippen LogP contribution in [0.25, 0.3) is 0 Å². The molecule has 0 spiro atoms. The Kier molecular flexibility index (Phi) is 3.57. The standard InChI is InChI=1S/C9H11IN2O3/c10-7-8(13)11-5-12-9(7)15-6-1-3-14-4-2-6/h5-6H,1-4H2,(H,11,12,13). The van der Waals surface area contributed by atoms with Gasteiger partial charge in [-0.15, -0.1) is 0 Å². The molecule has 0 saturated carbocycles. The molecule has 1 aromatic heterocycles. The van der Waals surface area contributed by atoms with Crippen molar-refractivity contribution in [1.29, 1.82) is 0 Å². The van der Waals surface area contributed by atoms with Gasteiger partial charge in [0.05, 0.1) is 19.5 Å². The first-order chi connectivity index (χ1) is 7.27. The largest absolute Gasteiger partial charge is 0.473 e. The molecule has 0 amide bonds. The van der Waals surface area contributed by atoms with Gasteiger partial charge in [0.25, 0.3) is 5.56 Å². The zero-order chi connectivity index (χ0) is 10.7. The van der Waals surface area contributed by atoms with E-state index in [1.165, 1.54) is 6.33 Å². The molecule has 1 saturated heterocycles. The summed E-state index contributed by atoms with van der Waals surface area (Å²) in [4.78, 5) is 17.8. The number of rotatable bonds is 2. The topological polar surface area (TPSA) is 64.2 Å². The van der Waals surface area contributed by atoms with Gasteiger partial charge in [-0.3, -0.25) is 4.79 Å². The van der Waals surface area contributed by atoms with Crippen LogP contribution in [0, 0.1) is 3.57 Å². The molecule has 1 aromatic rings. The van der Waals surface area contributed by atoms with E-state index in [2.05, 4.69) is 9.97 Å². The van der Waals surface area contributed by atoms with Gasteiger partial charge in [-0.25, -0.2) is 4.98 Å². The van der Waals surface area contributed by atoms with Crippen molar-refractivity contribution >= 4 is 22.6 Å². The number of halogens is 1. The zero-order valence-corrected chi connectivity index (χ0v) is 10.2. The molecule has 1 aliphatic heterocycles. The van der Waals surface area contributed by atoms with E-state index in [0.717, 1.165) is 12.8 Å². The van der Waals surface area contributed by atoms with Gasteiger partial charge in [0.2, 0.25) is 5.88 Å². The molecular formula is C9H11IN2O3. The number of hydrogen-bond acceptors (Lipinski definition) is 4. The molecule has 1 N–H and O–H groups in total. The van der Waals surface area contributed by atoms with Crippen LogP contribution in [0.1, 0.15) is 12.8 Å². The molecule has 0 radical (unpaired) electrons. The normalized spacial score (nSPS) is 17.7. The number of nitrogens with one attached hydrogen (secondary N) is 1. The van der Waals surface area contributed by atoms with Crippen LogP contribution in [0.4, 0.5) is 0 Å². The Bertz CT molecular complexity index is 387. The summed E-state index contributed by atoms with van der Waals surface area (Å²) in [5.74, 6) is 0.422. The third-order valence-electron chi connectivity index (χ3n) is 2.21. The van der Waals surface area contributed by atoms with Gasteiger partial charge in [-0.1, -0.05) is 0 Å². The molecule has 0 bridgehead atoms. The molecule has 2 heterocycles. The Morgan fingerprint density at radius 2 is 2.27 bits per heavy atom. The Hall–Kier alpha value is -0.630. The maximum Gasteiger partial charge on any atom is 0.268 e. The quantitative estimate of drug-likeness (QED) is 0.823. The molecule has 0 unspecified atom stereocenters. The van der Waals surface area contributed by atoms with Crippen LogP contribution >= 0.6 is 22.6 Å². The van der Waals surface area contributed by atoms with Gasteiger partial charge in [0.15, 0.2) is 0 Å². The lowest BCUT2D eigenvalue weighted by Gasteiger charge is -2.22. The van der Waals surface area contributed by atoms with E-state index in [1.54, 1.807) is 0 Å². The molecule has 0 aliphatic carbocycles. The number of hydrogen-bond donors (Lipinski definition) is 1. The van der Waals surface area contributed by atoms with Crippen molar-refractivity contribution in [3.8, 4) is 5.88 Å². The first-order valence-corrected chi connectivity index (χ1v) is 5.83. The summed E-state index contributed by atoms with van der Waals surface area (Å²) in [5.41, 5.74) is -0.160. The molecule has 0 aromatic carbocycles. The average molecular weight is 322 g/mol. The molecule has 0 atom stereocenters. The average Bonchev–Trinajstić information content (AvgIpc) is 2.26. The van der Waals surface area contributed by atoms with Crippen molar-refractivity contribution < 1.29 is 9.47 Å². The lowest BCUT2D eigenvalue weighted by Crippen LogP contribution is -2.27. The lowest BCUT2D eigenvalue weighted by atomic mass is 10.2. The minimum Gasteiger partial charge on any atom is -0.473 e. The zero-order valence-electron chi connectivity index (χ0n) is 8.03. The second-order valence-corrected chi connectivity index (χ2v) is 4.36. The van der Waals surface area contributed by atoms with Crippen molar-refractivity contribution in [2.75, 3.05) is 13.2 Å². The van der Waals surface area contributed by atoms with Gasteiger partial charge in [0.1, 0.15) is 9.67 Å². The highest BCUT2D eigenvalue weighted by atomic mass is 127. The maximum absolute atomic E-state index is 11.3. The van der Waals surface area contributed by atoms with Crippen molar-refractivity contribution in [2.24, 2.45) is 0 Å². The van der Waals surface area contributed by atoms with E-state index >= 15 is 0 Å². The minimum atomic E-state index is -0.160. The Labute approximate surface area is 100 Å². The van der Waals surface area contributed by atoms with Crippen LogP contribution < -0.4 is 10.3 Å². The summed E-state index contributed by atoms with van der Waals surface area (Å²) in [6.45, 7) is 1.43. The second-order valence-electron chi connectivity index (χ2n) is 3.28. The van der Waals surface area contributed by atoms with E-state index < -0.39 is 0 Å². The number of aromatic nitrogens is 2. The summed E-state index contributed by atoms with van der Waals surface area (Å²) >= 11 is 1.94. The summed E-state index contributed by atoms with van der Waals surface area (Å²) in [7, 11) is 0. The third kappa shape index (κ3) is 2.69. The van der Waals surface area contributed by atoms with Crippen LogP contribution in [0.15, 0.2) is 11.1 Å². The van der Waals surface area contributed by atoms with E-state index in [1.807, 2.05) is 22.6 Å². The molecule has 15 heavy (non-hydrogen) atoms. The number of ether oxygens (including phenoxy) is 2. The monoisotopic (exact) mass is 322 g/mol. The molecule has 2 rings (SSSR count). The summed E-state index contributed by atoms with van der Waals surface area (Å²) < 4.78 is 11.4. The highest BCUT2D eigenvalue weighted by Gasteiger charge is 2.17. The van der Waals surface area contributed by atoms with Crippen molar-refractivity contribution in [3.05, 3.63) is 20.3 Å². The Balaban J connectivity index is 2.09. The summed E-state index contributed by atoms with van der Waals surface area (Å²) in [6, 6.07) is 0. The van der Waals surface area contributed by atoms with E-state index in [9.17, 15) is 4.79 Å². The molecule has 1 aliphatic rings. The van der Waals surface area contributed by atoms with Crippen LogP contribution in [0.2, 0.25) is 0 Å².